The van der Waals surface area contributed by atoms with Gasteiger partial charge in [-0.25, -0.2) is 0 Å². The van der Waals surface area contributed by atoms with Crippen molar-refractivity contribution >= 4 is 11.7 Å². The molecule has 19 heavy (non-hydrogen) atoms. The topological polar surface area (TPSA) is 52.6 Å². The van der Waals surface area contributed by atoms with Crippen molar-refractivity contribution in [2.45, 2.75) is 25.3 Å². The molecule has 0 radical (unpaired) electrons. The van der Waals surface area contributed by atoms with E-state index >= 15 is 0 Å². The van der Waals surface area contributed by atoms with Crippen LogP contribution in [0.2, 0.25) is 0 Å². The molecule has 0 spiro atoms. The van der Waals surface area contributed by atoms with Crippen LogP contribution < -0.4 is 10.2 Å². The van der Waals surface area contributed by atoms with Crippen LogP contribution in [-0.4, -0.2) is 31.2 Å². The van der Waals surface area contributed by atoms with Crippen molar-refractivity contribution < 1.29 is 9.90 Å². The minimum atomic E-state index is -0.687. The Morgan fingerprint density at radius 1 is 1.47 bits per heavy atom. The number of carboxylic acids is 1. The SMILES string of the molecule is CN1CCCc2cccc(C3CC(C(=O)O)CN3)c21. The molecule has 0 aliphatic carbocycles. The van der Waals surface area contributed by atoms with E-state index in [1.54, 1.807) is 0 Å². The maximum Gasteiger partial charge on any atom is 0.307 e. The summed E-state index contributed by atoms with van der Waals surface area (Å²) in [5.74, 6) is -0.942. The van der Waals surface area contributed by atoms with Crippen molar-refractivity contribution in [2.24, 2.45) is 5.92 Å². The van der Waals surface area contributed by atoms with Gasteiger partial charge in [-0.2, -0.15) is 0 Å². The van der Waals surface area contributed by atoms with Crippen molar-refractivity contribution in [3.63, 3.8) is 0 Å². The Labute approximate surface area is 113 Å². The fourth-order valence-electron chi connectivity index (χ4n) is 3.34. The highest BCUT2D eigenvalue weighted by molar-refractivity contribution is 5.71. The molecule has 1 saturated heterocycles. The van der Waals surface area contributed by atoms with E-state index in [9.17, 15) is 4.79 Å². The van der Waals surface area contributed by atoms with Crippen LogP contribution in [0.15, 0.2) is 18.2 Å². The van der Waals surface area contributed by atoms with Crippen LogP contribution in [0, 0.1) is 5.92 Å². The summed E-state index contributed by atoms with van der Waals surface area (Å²) in [5, 5.41) is 12.5. The lowest BCUT2D eigenvalue weighted by Crippen LogP contribution is -2.27. The van der Waals surface area contributed by atoms with E-state index in [0.717, 1.165) is 13.0 Å². The lowest BCUT2D eigenvalue weighted by Gasteiger charge is -2.31. The van der Waals surface area contributed by atoms with E-state index in [1.165, 1.54) is 23.2 Å². The van der Waals surface area contributed by atoms with Gasteiger partial charge < -0.3 is 15.3 Å². The van der Waals surface area contributed by atoms with Crippen molar-refractivity contribution in [1.29, 1.82) is 0 Å². The number of nitrogens with one attached hydrogen (secondary N) is 1. The average molecular weight is 260 g/mol. The summed E-state index contributed by atoms with van der Waals surface area (Å²) in [6, 6.07) is 6.61. The van der Waals surface area contributed by atoms with Crippen LogP contribution in [-0.2, 0) is 11.2 Å². The largest absolute Gasteiger partial charge is 0.481 e. The molecule has 4 nitrogen and oxygen atoms in total. The normalized spacial score (nSPS) is 26.3. The molecule has 4 heteroatoms. The lowest BCUT2D eigenvalue weighted by atomic mass is 9.92. The smallest absolute Gasteiger partial charge is 0.307 e. The third-order valence-electron chi connectivity index (χ3n) is 4.33. The summed E-state index contributed by atoms with van der Waals surface area (Å²) < 4.78 is 0. The second-order valence-corrected chi connectivity index (χ2v) is 5.61. The van der Waals surface area contributed by atoms with Crippen molar-refractivity contribution in [1.82, 2.24) is 5.32 Å². The molecule has 3 rings (SSSR count). The molecule has 2 unspecified atom stereocenters. The van der Waals surface area contributed by atoms with Crippen LogP contribution in [0.1, 0.15) is 30.0 Å². The third-order valence-corrected chi connectivity index (χ3v) is 4.33. The highest BCUT2D eigenvalue weighted by Crippen LogP contribution is 2.37. The van der Waals surface area contributed by atoms with Gasteiger partial charge in [-0.05, 0) is 30.4 Å². The molecule has 0 aromatic heterocycles. The summed E-state index contributed by atoms with van der Waals surface area (Å²) in [4.78, 5) is 13.4. The van der Waals surface area contributed by atoms with Crippen molar-refractivity contribution in [3.8, 4) is 0 Å². The van der Waals surface area contributed by atoms with E-state index in [0.29, 0.717) is 13.0 Å². The molecule has 1 aromatic rings. The summed E-state index contributed by atoms with van der Waals surface area (Å²) in [6.07, 6.45) is 3.02. The number of para-hydroxylation sites is 1. The van der Waals surface area contributed by atoms with Crippen LogP contribution >= 0.6 is 0 Å². The van der Waals surface area contributed by atoms with E-state index in [4.69, 9.17) is 5.11 Å². The molecular weight excluding hydrogens is 240 g/mol. The lowest BCUT2D eigenvalue weighted by molar-refractivity contribution is -0.141. The molecule has 2 aliphatic heterocycles. The van der Waals surface area contributed by atoms with E-state index in [-0.39, 0.29) is 12.0 Å². The molecule has 1 aromatic carbocycles. The standard InChI is InChI=1S/C15H20N2O2/c1-17-7-3-5-10-4-2-6-12(14(10)17)13-8-11(9-16-13)15(18)19/h2,4,6,11,13,16H,3,5,7-9H2,1H3,(H,18,19). The summed E-state index contributed by atoms with van der Waals surface area (Å²) >= 11 is 0. The number of carbonyl (C=O) groups is 1. The Hall–Kier alpha value is -1.55. The minimum absolute atomic E-state index is 0.177. The molecule has 2 atom stereocenters. The predicted molar refractivity (Wildman–Crippen MR) is 74.5 cm³/mol. The van der Waals surface area contributed by atoms with Gasteiger partial charge in [-0.15, -0.1) is 0 Å². The maximum atomic E-state index is 11.1. The highest BCUT2D eigenvalue weighted by Gasteiger charge is 2.32. The Balaban J connectivity index is 1.92. The van der Waals surface area contributed by atoms with Gasteiger partial charge in [-0.1, -0.05) is 18.2 Å². The number of fused-ring (bicyclic) bond motifs is 1. The van der Waals surface area contributed by atoms with Crippen molar-refractivity contribution in [3.05, 3.63) is 29.3 Å². The first-order valence-electron chi connectivity index (χ1n) is 6.96. The Kier molecular flexibility index (Phi) is 3.19. The van der Waals surface area contributed by atoms with Gasteiger partial charge in [0.15, 0.2) is 0 Å². The summed E-state index contributed by atoms with van der Waals surface area (Å²) in [6.45, 7) is 1.66. The first-order chi connectivity index (χ1) is 9.16. The van der Waals surface area contributed by atoms with E-state index < -0.39 is 5.97 Å². The minimum Gasteiger partial charge on any atom is -0.481 e. The predicted octanol–water partition coefficient (Wildman–Crippen LogP) is 1.80. The highest BCUT2D eigenvalue weighted by atomic mass is 16.4. The van der Waals surface area contributed by atoms with Crippen LogP contribution in [0.4, 0.5) is 5.69 Å². The van der Waals surface area contributed by atoms with E-state index in [2.05, 4.69) is 35.5 Å². The van der Waals surface area contributed by atoms with Crippen LogP contribution in [0.5, 0.6) is 0 Å². The first kappa shape index (κ1) is 12.5. The molecule has 2 heterocycles. The molecule has 0 saturated carbocycles. The van der Waals surface area contributed by atoms with Gasteiger partial charge in [0.2, 0.25) is 0 Å². The van der Waals surface area contributed by atoms with Crippen molar-refractivity contribution in [2.75, 3.05) is 25.0 Å². The molecule has 0 amide bonds. The Bertz CT molecular complexity index is 501. The number of hydrogen-bond donors (Lipinski definition) is 2. The van der Waals surface area contributed by atoms with Gasteiger partial charge in [0, 0.05) is 31.9 Å². The number of hydrogen-bond acceptors (Lipinski definition) is 3. The zero-order valence-electron chi connectivity index (χ0n) is 11.2. The van der Waals surface area contributed by atoms with Gasteiger partial charge in [0.25, 0.3) is 0 Å². The monoisotopic (exact) mass is 260 g/mol. The number of aryl methyl sites for hydroxylation is 1. The molecule has 102 valence electrons. The van der Waals surface area contributed by atoms with Crippen LogP contribution in [0.25, 0.3) is 0 Å². The fourth-order valence-corrected chi connectivity index (χ4v) is 3.34. The number of nitrogens with zero attached hydrogens (tertiary/aromatic N) is 1. The number of anilines is 1. The Morgan fingerprint density at radius 2 is 2.32 bits per heavy atom. The van der Waals surface area contributed by atoms with Gasteiger partial charge in [0.05, 0.1) is 5.92 Å². The zero-order valence-corrected chi connectivity index (χ0v) is 11.2. The maximum absolute atomic E-state index is 11.1. The molecule has 2 aliphatic rings. The second kappa shape index (κ2) is 4.85. The van der Waals surface area contributed by atoms with Gasteiger partial charge >= 0.3 is 5.97 Å². The number of carboxylic acid groups (broad SMARTS) is 1. The number of rotatable bonds is 2. The van der Waals surface area contributed by atoms with Crippen LogP contribution in [0.3, 0.4) is 0 Å². The first-order valence-corrected chi connectivity index (χ1v) is 6.96. The molecule has 1 fully saturated rings. The summed E-state index contributed by atoms with van der Waals surface area (Å²) in [5.41, 5.74) is 3.98. The zero-order chi connectivity index (χ0) is 13.4. The summed E-state index contributed by atoms with van der Waals surface area (Å²) in [7, 11) is 2.13. The Morgan fingerprint density at radius 3 is 3.05 bits per heavy atom. The number of benzene rings is 1. The van der Waals surface area contributed by atoms with E-state index in [1.807, 2.05) is 0 Å². The molecular formula is C15H20N2O2. The fraction of sp³-hybridized carbons (Fsp3) is 0.533. The van der Waals surface area contributed by atoms with Gasteiger partial charge in [-0.3, -0.25) is 4.79 Å². The quantitative estimate of drug-likeness (QED) is 0.851. The average Bonchev–Trinajstić information content (AvgIpc) is 2.88. The number of aliphatic carboxylic acids is 1. The molecule has 2 N–H and O–H groups in total. The second-order valence-electron chi connectivity index (χ2n) is 5.61. The molecule has 0 bridgehead atoms. The van der Waals surface area contributed by atoms with Gasteiger partial charge in [0.1, 0.15) is 0 Å². The third kappa shape index (κ3) is 2.21.